The van der Waals surface area contributed by atoms with Gasteiger partial charge in [-0.1, -0.05) is 54.6 Å². The lowest BCUT2D eigenvalue weighted by molar-refractivity contribution is 0.865. The van der Waals surface area contributed by atoms with Crippen molar-refractivity contribution in [3.63, 3.8) is 0 Å². The van der Waals surface area contributed by atoms with E-state index in [0.717, 1.165) is 28.8 Å². The van der Waals surface area contributed by atoms with Crippen molar-refractivity contribution >= 4 is 29.3 Å². The van der Waals surface area contributed by atoms with Gasteiger partial charge in [-0.15, -0.1) is 10.2 Å². The van der Waals surface area contributed by atoms with Gasteiger partial charge >= 0.3 is 0 Å². The highest BCUT2D eigenvalue weighted by molar-refractivity contribution is 7.98. The molecule has 0 aliphatic carbocycles. The molecule has 2 aromatic heterocycles. The monoisotopic (exact) mass is 432 g/mol. The van der Waals surface area contributed by atoms with Gasteiger partial charge in [0, 0.05) is 11.4 Å². The normalized spacial score (nSPS) is 10.9. The van der Waals surface area contributed by atoms with Gasteiger partial charge in [0.25, 0.3) is 0 Å². The Balaban J connectivity index is 1.54. The van der Waals surface area contributed by atoms with Crippen molar-refractivity contribution in [3.8, 4) is 5.69 Å². The molecule has 158 valence electrons. The number of nitrogens with zero attached hydrogens (tertiary/aromatic N) is 6. The van der Waals surface area contributed by atoms with E-state index in [1.165, 1.54) is 22.9 Å². The number of aryl methyl sites for hydroxylation is 3. The van der Waals surface area contributed by atoms with E-state index in [9.17, 15) is 0 Å². The van der Waals surface area contributed by atoms with Crippen LogP contribution in [0.25, 0.3) is 5.69 Å². The molecule has 2 aromatic carbocycles. The van der Waals surface area contributed by atoms with E-state index >= 15 is 0 Å². The van der Waals surface area contributed by atoms with Crippen LogP contribution in [-0.4, -0.2) is 29.7 Å². The highest BCUT2D eigenvalue weighted by Crippen LogP contribution is 2.25. The summed E-state index contributed by atoms with van der Waals surface area (Å²) in [6.07, 6.45) is 0.903. The van der Waals surface area contributed by atoms with Crippen LogP contribution in [0.2, 0.25) is 0 Å². The molecular formula is C22H24N8S. The fraction of sp³-hybridized carbons (Fsp3) is 0.227. The van der Waals surface area contributed by atoms with Gasteiger partial charge in [-0.2, -0.15) is 15.0 Å². The maximum absolute atomic E-state index is 5.95. The third kappa shape index (κ3) is 4.83. The van der Waals surface area contributed by atoms with Crippen LogP contribution >= 0.6 is 11.8 Å². The minimum atomic E-state index is 0.179. The first-order chi connectivity index (χ1) is 15.0. The first-order valence-electron chi connectivity index (χ1n) is 10.0. The summed E-state index contributed by atoms with van der Waals surface area (Å²) >= 11 is 1.50. The Hall–Kier alpha value is -3.46. The van der Waals surface area contributed by atoms with E-state index in [-0.39, 0.29) is 5.95 Å². The van der Waals surface area contributed by atoms with Crippen LogP contribution < -0.4 is 11.1 Å². The van der Waals surface area contributed by atoms with Gasteiger partial charge in [-0.25, -0.2) is 0 Å². The summed E-state index contributed by atoms with van der Waals surface area (Å²) < 4.78 is 2.02. The molecule has 0 saturated carbocycles. The topological polar surface area (TPSA) is 107 Å². The van der Waals surface area contributed by atoms with Gasteiger partial charge in [-0.3, -0.25) is 4.57 Å². The summed E-state index contributed by atoms with van der Waals surface area (Å²) in [5.74, 6) is 2.49. The smallest absolute Gasteiger partial charge is 0.232 e. The van der Waals surface area contributed by atoms with Crippen molar-refractivity contribution in [2.45, 2.75) is 38.1 Å². The Bertz CT molecular complexity index is 1190. The lowest BCUT2D eigenvalue weighted by Crippen LogP contribution is -2.07. The third-order valence-electron chi connectivity index (χ3n) is 4.76. The van der Waals surface area contributed by atoms with Gasteiger partial charge < -0.3 is 11.1 Å². The zero-order valence-corrected chi connectivity index (χ0v) is 18.5. The summed E-state index contributed by atoms with van der Waals surface area (Å²) in [7, 11) is 0. The molecule has 4 aromatic rings. The molecule has 0 amide bonds. The molecule has 4 rings (SSSR count). The molecular weight excluding hydrogens is 408 g/mol. The molecule has 2 heterocycles. The number of nitrogen functional groups attached to an aromatic ring is 1. The van der Waals surface area contributed by atoms with E-state index in [2.05, 4.69) is 74.6 Å². The Labute approximate surface area is 185 Å². The third-order valence-corrected chi connectivity index (χ3v) is 5.69. The number of thioether (sulfide) groups is 1. The van der Waals surface area contributed by atoms with E-state index in [0.29, 0.717) is 17.5 Å². The highest BCUT2D eigenvalue weighted by Gasteiger charge is 2.14. The quantitative estimate of drug-likeness (QED) is 0.417. The van der Waals surface area contributed by atoms with Crippen LogP contribution in [0.4, 0.5) is 17.6 Å². The van der Waals surface area contributed by atoms with Crippen LogP contribution in [0.5, 0.6) is 0 Å². The predicted molar refractivity (Wildman–Crippen MR) is 124 cm³/mol. The molecule has 0 bridgehead atoms. The van der Waals surface area contributed by atoms with Crippen LogP contribution in [0.3, 0.4) is 0 Å². The summed E-state index contributed by atoms with van der Waals surface area (Å²) in [6, 6.07) is 16.3. The van der Waals surface area contributed by atoms with Crippen molar-refractivity contribution < 1.29 is 0 Å². The summed E-state index contributed by atoms with van der Waals surface area (Å²) in [6.45, 7) is 6.11. The summed E-state index contributed by atoms with van der Waals surface area (Å²) in [5.41, 5.74) is 10.3. The number of anilines is 3. The maximum atomic E-state index is 5.95. The molecule has 0 spiro atoms. The van der Waals surface area contributed by atoms with Crippen molar-refractivity contribution in [2.75, 3.05) is 11.1 Å². The fourth-order valence-electron chi connectivity index (χ4n) is 3.19. The molecule has 0 radical (unpaired) electrons. The first kappa shape index (κ1) is 20.8. The lowest BCUT2D eigenvalue weighted by Gasteiger charge is -2.11. The molecule has 9 heteroatoms. The summed E-state index contributed by atoms with van der Waals surface area (Å²) in [4.78, 5) is 13.1. The molecule has 3 N–H and O–H groups in total. The number of hydrogen-bond donors (Lipinski definition) is 2. The Morgan fingerprint density at radius 3 is 2.52 bits per heavy atom. The van der Waals surface area contributed by atoms with Gasteiger partial charge in [0.1, 0.15) is 11.6 Å². The van der Waals surface area contributed by atoms with Gasteiger partial charge in [0.2, 0.25) is 11.9 Å². The second-order valence-corrected chi connectivity index (χ2v) is 8.00. The molecule has 0 saturated heterocycles. The van der Waals surface area contributed by atoms with Crippen molar-refractivity contribution in [3.05, 3.63) is 71.3 Å². The second-order valence-electron chi connectivity index (χ2n) is 7.06. The highest BCUT2D eigenvalue weighted by atomic mass is 32.2. The van der Waals surface area contributed by atoms with Crippen molar-refractivity contribution in [2.24, 2.45) is 0 Å². The minimum absolute atomic E-state index is 0.179. The zero-order valence-electron chi connectivity index (χ0n) is 17.7. The minimum Gasteiger partial charge on any atom is -0.368 e. The van der Waals surface area contributed by atoms with Crippen molar-refractivity contribution in [1.82, 2.24) is 29.7 Å². The average molecular weight is 433 g/mol. The van der Waals surface area contributed by atoms with Gasteiger partial charge in [0.15, 0.2) is 5.16 Å². The number of benzene rings is 2. The number of aromatic nitrogens is 6. The van der Waals surface area contributed by atoms with Crippen molar-refractivity contribution in [1.29, 1.82) is 0 Å². The molecule has 0 unspecified atom stereocenters. The van der Waals surface area contributed by atoms with Gasteiger partial charge in [0.05, 0.1) is 5.75 Å². The number of hydrogen-bond acceptors (Lipinski definition) is 8. The number of nitrogens with two attached hydrogens (primary N) is 1. The standard InChI is InChI=1S/C22H24N8S/c1-4-16-7-5-6-8-18(16)24-21-26-19(25-20(23)27-21)13-31-22-29-28-15(3)30(22)17-11-9-14(2)10-12-17/h5-12H,4,13H2,1-3H3,(H3,23,24,25,26,27). The largest absolute Gasteiger partial charge is 0.368 e. The predicted octanol–water partition coefficient (Wildman–Crippen LogP) is 4.25. The van der Waals surface area contributed by atoms with Crippen LogP contribution in [0.1, 0.15) is 29.7 Å². The molecule has 0 fully saturated rings. The van der Waals surface area contributed by atoms with E-state index in [4.69, 9.17) is 5.73 Å². The number of nitrogens with one attached hydrogen (secondary N) is 1. The average Bonchev–Trinajstić information content (AvgIpc) is 3.13. The molecule has 8 nitrogen and oxygen atoms in total. The van der Waals surface area contributed by atoms with Crippen LogP contribution in [0, 0.1) is 13.8 Å². The van der Waals surface area contributed by atoms with E-state index < -0.39 is 0 Å². The Morgan fingerprint density at radius 2 is 1.74 bits per heavy atom. The Kier molecular flexibility index (Phi) is 6.13. The lowest BCUT2D eigenvalue weighted by atomic mass is 10.1. The molecule has 31 heavy (non-hydrogen) atoms. The van der Waals surface area contributed by atoms with E-state index in [1.54, 1.807) is 0 Å². The SMILES string of the molecule is CCc1ccccc1Nc1nc(N)nc(CSc2nnc(C)n2-c2ccc(C)cc2)n1. The van der Waals surface area contributed by atoms with E-state index in [1.807, 2.05) is 29.7 Å². The molecule has 0 aliphatic heterocycles. The van der Waals surface area contributed by atoms with Crippen LogP contribution in [0.15, 0.2) is 53.7 Å². The Morgan fingerprint density at radius 1 is 0.968 bits per heavy atom. The van der Waals surface area contributed by atoms with Crippen LogP contribution in [-0.2, 0) is 12.2 Å². The first-order valence-corrected chi connectivity index (χ1v) is 11.0. The second kappa shape index (κ2) is 9.13. The molecule has 0 atom stereocenters. The number of para-hydroxylation sites is 1. The van der Waals surface area contributed by atoms with Gasteiger partial charge in [-0.05, 0) is 44.0 Å². The zero-order chi connectivity index (χ0) is 21.8. The number of rotatable bonds is 7. The summed E-state index contributed by atoms with van der Waals surface area (Å²) in [5, 5.41) is 12.6. The maximum Gasteiger partial charge on any atom is 0.232 e. The fourth-order valence-corrected chi connectivity index (χ4v) is 4.04. The molecule has 0 aliphatic rings.